The number of hydrogen-bond donors (Lipinski definition) is 0. The second-order valence-corrected chi connectivity index (χ2v) is 12.0. The number of fused-ring (bicyclic) bond motifs is 1. The Balaban J connectivity index is 2.00. The van der Waals surface area contributed by atoms with Gasteiger partial charge in [0.1, 0.15) is 5.70 Å². The van der Waals surface area contributed by atoms with E-state index < -0.39 is 0 Å². The predicted molar refractivity (Wildman–Crippen MR) is 145 cm³/mol. The van der Waals surface area contributed by atoms with E-state index in [0.717, 1.165) is 33.0 Å². The van der Waals surface area contributed by atoms with Gasteiger partial charge in [0.15, 0.2) is 5.78 Å². The quantitative estimate of drug-likeness (QED) is 0.353. The second kappa shape index (κ2) is 8.92. The predicted octanol–water partition coefficient (Wildman–Crippen LogP) is 9.23. The van der Waals surface area contributed by atoms with Crippen molar-refractivity contribution in [3.63, 3.8) is 0 Å². The number of azo groups is 1. The molecule has 1 aromatic heterocycles. The van der Waals surface area contributed by atoms with Crippen LogP contribution in [0.5, 0.6) is 0 Å². The van der Waals surface area contributed by atoms with Gasteiger partial charge in [-0.15, -0.1) is 16.5 Å². The summed E-state index contributed by atoms with van der Waals surface area (Å²) < 4.78 is 1.21. The van der Waals surface area contributed by atoms with E-state index in [1.807, 2.05) is 42.5 Å². The maximum Gasteiger partial charge on any atom is 0.186 e. The van der Waals surface area contributed by atoms with Crippen molar-refractivity contribution in [2.45, 2.75) is 48.5 Å². The molecule has 2 aromatic carbocycles. The van der Waals surface area contributed by atoms with Gasteiger partial charge < -0.3 is 0 Å². The highest BCUT2D eigenvalue weighted by molar-refractivity contribution is 7.20. The van der Waals surface area contributed by atoms with Gasteiger partial charge in [0.25, 0.3) is 0 Å². The zero-order valence-electron chi connectivity index (χ0n) is 21.1. The van der Waals surface area contributed by atoms with E-state index >= 15 is 0 Å². The topological polar surface area (TPSA) is 41.8 Å². The molecular formula is C30H32N2OS. The summed E-state index contributed by atoms with van der Waals surface area (Å²) in [5.41, 5.74) is 4.78. The fraction of sp³-hybridized carbons (Fsp3) is 0.300. The first kappa shape index (κ1) is 24.0. The number of allylic oxidation sites excluding steroid dienone is 5. The SMILES string of the molecule is Cc1ccc2sc(C(N=Nc3ccccc3)=C3C=C(C(C)(C)C)C(=O)C(C(C)(C)C)=C3)cc2c1. The van der Waals surface area contributed by atoms with Gasteiger partial charge in [0.2, 0.25) is 0 Å². The molecule has 1 aliphatic carbocycles. The summed E-state index contributed by atoms with van der Waals surface area (Å²) in [6, 6.07) is 18.4. The lowest BCUT2D eigenvalue weighted by Crippen LogP contribution is -2.28. The van der Waals surface area contributed by atoms with Gasteiger partial charge in [0.05, 0.1) is 10.6 Å². The number of aryl methyl sites for hydroxylation is 1. The number of hydrogen-bond acceptors (Lipinski definition) is 4. The second-order valence-electron chi connectivity index (χ2n) is 10.9. The van der Waals surface area contributed by atoms with Crippen LogP contribution in [0.15, 0.2) is 93.7 Å². The third-order valence-corrected chi connectivity index (χ3v) is 7.03. The number of carbonyl (C=O) groups is 1. The van der Waals surface area contributed by atoms with Crippen LogP contribution in [0.2, 0.25) is 0 Å². The molecule has 4 rings (SSSR count). The van der Waals surface area contributed by atoms with Crippen molar-refractivity contribution in [3.05, 3.63) is 93.9 Å². The summed E-state index contributed by atoms with van der Waals surface area (Å²) in [5.74, 6) is 0.120. The van der Waals surface area contributed by atoms with E-state index in [4.69, 9.17) is 5.11 Å². The molecule has 3 aromatic rings. The molecular weight excluding hydrogens is 436 g/mol. The van der Waals surface area contributed by atoms with Crippen LogP contribution < -0.4 is 0 Å². The molecule has 0 atom stereocenters. The minimum atomic E-state index is -0.286. The fourth-order valence-corrected chi connectivity index (χ4v) is 5.06. The zero-order valence-corrected chi connectivity index (χ0v) is 21.9. The van der Waals surface area contributed by atoms with Crippen molar-refractivity contribution in [1.29, 1.82) is 0 Å². The highest BCUT2D eigenvalue weighted by Gasteiger charge is 2.34. The number of carbonyl (C=O) groups excluding carboxylic acids is 1. The first-order valence-electron chi connectivity index (χ1n) is 11.6. The third kappa shape index (κ3) is 5.02. The van der Waals surface area contributed by atoms with E-state index in [0.29, 0.717) is 0 Å². The molecule has 0 spiro atoms. The Morgan fingerprint density at radius 3 is 2.03 bits per heavy atom. The van der Waals surface area contributed by atoms with Gasteiger partial charge in [-0.2, -0.15) is 5.11 Å². The normalized spacial score (nSPS) is 15.1. The molecule has 0 N–H and O–H groups in total. The summed E-state index contributed by atoms with van der Waals surface area (Å²) in [4.78, 5) is 14.5. The molecule has 0 unspecified atom stereocenters. The summed E-state index contributed by atoms with van der Waals surface area (Å²) in [7, 11) is 0. The molecule has 0 aliphatic heterocycles. The summed E-state index contributed by atoms with van der Waals surface area (Å²) in [6.07, 6.45) is 4.04. The van der Waals surface area contributed by atoms with Gasteiger partial charge in [-0.05, 0) is 59.6 Å². The van der Waals surface area contributed by atoms with Crippen molar-refractivity contribution in [3.8, 4) is 0 Å². The van der Waals surface area contributed by atoms with Crippen LogP contribution in [0.3, 0.4) is 0 Å². The molecule has 0 saturated carbocycles. The van der Waals surface area contributed by atoms with Crippen molar-refractivity contribution in [2.75, 3.05) is 0 Å². The van der Waals surface area contributed by atoms with Crippen LogP contribution in [0.1, 0.15) is 52.0 Å². The largest absolute Gasteiger partial charge is 0.289 e. The Hall–Kier alpha value is -3.11. The molecule has 0 radical (unpaired) electrons. The van der Waals surface area contributed by atoms with Gasteiger partial charge >= 0.3 is 0 Å². The van der Waals surface area contributed by atoms with E-state index in [9.17, 15) is 4.79 Å². The monoisotopic (exact) mass is 468 g/mol. The first-order chi connectivity index (χ1) is 15.9. The standard InChI is InChI=1S/C30H32N2OS/c1-19-13-14-25-20(15-19)18-26(34-25)27(32-31-22-11-9-8-10-12-22)21-16-23(29(2,3)4)28(33)24(17-21)30(5,6)7/h8-18H,1-7H3. The lowest BCUT2D eigenvalue weighted by molar-refractivity contribution is -0.114. The molecule has 1 aliphatic rings. The number of benzene rings is 2. The van der Waals surface area contributed by atoms with Crippen LogP contribution >= 0.6 is 11.3 Å². The molecule has 174 valence electrons. The maximum absolute atomic E-state index is 13.5. The van der Waals surface area contributed by atoms with Crippen molar-refractivity contribution in [2.24, 2.45) is 21.1 Å². The first-order valence-corrected chi connectivity index (χ1v) is 12.5. The molecule has 0 bridgehead atoms. The average Bonchev–Trinajstić information content (AvgIpc) is 3.16. The van der Waals surface area contributed by atoms with E-state index in [1.165, 1.54) is 15.6 Å². The molecule has 1 heterocycles. The fourth-order valence-electron chi connectivity index (χ4n) is 4.01. The van der Waals surface area contributed by atoms with E-state index in [-0.39, 0.29) is 16.6 Å². The van der Waals surface area contributed by atoms with Gasteiger partial charge in [-0.25, -0.2) is 0 Å². The Kier molecular flexibility index (Phi) is 6.30. The number of nitrogens with zero attached hydrogens (tertiary/aromatic N) is 2. The lowest BCUT2D eigenvalue weighted by Gasteiger charge is -2.31. The summed E-state index contributed by atoms with van der Waals surface area (Å²) >= 11 is 1.71. The Bertz CT molecular complexity index is 1330. The molecule has 0 saturated heterocycles. The minimum Gasteiger partial charge on any atom is -0.289 e. The van der Waals surface area contributed by atoms with Crippen LogP contribution in [-0.4, -0.2) is 5.78 Å². The summed E-state index contributed by atoms with van der Waals surface area (Å²) in [5, 5.41) is 10.5. The van der Waals surface area contributed by atoms with Crippen LogP contribution in [0, 0.1) is 17.8 Å². The molecule has 0 fully saturated rings. The van der Waals surface area contributed by atoms with Crippen molar-refractivity contribution >= 4 is 38.6 Å². The lowest BCUT2D eigenvalue weighted by atomic mass is 9.71. The molecule has 34 heavy (non-hydrogen) atoms. The number of rotatable bonds is 3. The summed E-state index contributed by atoms with van der Waals surface area (Å²) in [6.45, 7) is 14.6. The smallest absolute Gasteiger partial charge is 0.186 e. The Morgan fingerprint density at radius 2 is 1.44 bits per heavy atom. The Labute approximate surface area is 206 Å². The van der Waals surface area contributed by atoms with Gasteiger partial charge in [-0.3, -0.25) is 4.79 Å². The molecule has 0 amide bonds. The van der Waals surface area contributed by atoms with E-state index in [1.54, 1.807) is 11.3 Å². The van der Waals surface area contributed by atoms with Crippen LogP contribution in [0.4, 0.5) is 5.69 Å². The van der Waals surface area contributed by atoms with Gasteiger partial charge in [-0.1, -0.05) is 77.4 Å². The average molecular weight is 469 g/mol. The number of Topliss-reactive ketones (excluding diaryl/α,β-unsaturated/α-hetero) is 1. The minimum absolute atomic E-state index is 0.120. The van der Waals surface area contributed by atoms with E-state index in [2.05, 4.69) is 77.8 Å². The highest BCUT2D eigenvalue weighted by Crippen LogP contribution is 2.42. The maximum atomic E-state index is 13.5. The van der Waals surface area contributed by atoms with Crippen molar-refractivity contribution < 1.29 is 4.79 Å². The number of ketones is 1. The van der Waals surface area contributed by atoms with Crippen LogP contribution in [0.25, 0.3) is 15.8 Å². The Morgan fingerprint density at radius 1 is 0.824 bits per heavy atom. The van der Waals surface area contributed by atoms with Gasteiger partial charge in [0, 0.05) is 21.4 Å². The molecule has 3 nitrogen and oxygen atoms in total. The number of thiophene rings is 1. The molecule has 4 heteroatoms. The highest BCUT2D eigenvalue weighted by atomic mass is 32.1. The van der Waals surface area contributed by atoms with Crippen LogP contribution in [-0.2, 0) is 4.79 Å². The third-order valence-electron chi connectivity index (χ3n) is 5.91. The zero-order chi connectivity index (χ0) is 24.7. The van der Waals surface area contributed by atoms with Crippen molar-refractivity contribution in [1.82, 2.24) is 0 Å².